The quantitative estimate of drug-likeness (QED) is 0.426. The molecule has 0 saturated heterocycles. The highest BCUT2D eigenvalue weighted by atomic mass is 19.4. The maximum absolute atomic E-state index is 12.9. The fourth-order valence-electron chi connectivity index (χ4n) is 3.01. The number of hydrogen-bond acceptors (Lipinski definition) is 5. The molecule has 168 valence electrons. The lowest BCUT2D eigenvalue weighted by molar-refractivity contribution is -0.137. The Kier molecular flexibility index (Phi) is 7.45. The topological polar surface area (TPSA) is 94.5 Å². The van der Waals surface area contributed by atoms with Crippen LogP contribution in [0.3, 0.4) is 0 Å². The van der Waals surface area contributed by atoms with Crippen LogP contribution in [-0.2, 0) is 12.6 Å². The maximum atomic E-state index is 12.9. The third-order valence-electron chi connectivity index (χ3n) is 4.59. The Hall–Kier alpha value is -3.43. The predicted octanol–water partition coefficient (Wildman–Crippen LogP) is 3.52. The van der Waals surface area contributed by atoms with Crippen molar-refractivity contribution in [1.29, 1.82) is 0 Å². The monoisotopic (exact) mass is 445 g/mol. The number of anilines is 2. The Morgan fingerprint density at radius 2 is 1.78 bits per heavy atom. The van der Waals surface area contributed by atoms with Crippen LogP contribution in [0.1, 0.15) is 27.0 Å². The zero-order valence-electron chi connectivity index (χ0n) is 16.9. The fraction of sp³-hybridized carbons (Fsp3) is 0.217. The van der Waals surface area contributed by atoms with Gasteiger partial charge < -0.3 is 20.8 Å². The molecule has 0 aliphatic rings. The highest BCUT2D eigenvalue weighted by Gasteiger charge is 2.30. The molecule has 9 heteroatoms. The van der Waals surface area contributed by atoms with E-state index >= 15 is 0 Å². The number of carbonyl (C=O) groups excluding carboxylic acids is 1. The Balaban J connectivity index is 1.69. The lowest BCUT2D eigenvalue weighted by Crippen LogP contribution is -2.33. The molecule has 0 radical (unpaired) electrons. The van der Waals surface area contributed by atoms with E-state index in [1.807, 2.05) is 0 Å². The van der Waals surface area contributed by atoms with Gasteiger partial charge in [0.15, 0.2) is 0 Å². The number of halogens is 3. The summed E-state index contributed by atoms with van der Waals surface area (Å²) in [5.74, 6) is 0.0649. The molecule has 1 aromatic heterocycles. The van der Waals surface area contributed by atoms with E-state index in [-0.39, 0.29) is 6.54 Å². The first-order valence-corrected chi connectivity index (χ1v) is 9.80. The Labute approximate surface area is 182 Å². The first-order chi connectivity index (χ1) is 15.2. The lowest BCUT2D eigenvalue weighted by Gasteiger charge is -2.11. The molecule has 3 aromatic rings. The summed E-state index contributed by atoms with van der Waals surface area (Å²) in [5.41, 5.74) is 1.54. The summed E-state index contributed by atoms with van der Waals surface area (Å²) >= 11 is 0. The molecule has 1 heterocycles. The van der Waals surface area contributed by atoms with Crippen LogP contribution in [0.4, 0.5) is 24.7 Å². The van der Waals surface area contributed by atoms with Crippen LogP contribution in [0.5, 0.6) is 0 Å². The van der Waals surface area contributed by atoms with Crippen molar-refractivity contribution < 1.29 is 28.2 Å². The normalized spacial score (nSPS) is 12.3. The zero-order chi connectivity index (χ0) is 23.1. The van der Waals surface area contributed by atoms with E-state index in [2.05, 4.69) is 15.6 Å². The summed E-state index contributed by atoms with van der Waals surface area (Å²) < 4.78 is 38.8. The van der Waals surface area contributed by atoms with Gasteiger partial charge in [-0.05, 0) is 53.9 Å². The van der Waals surface area contributed by atoms with E-state index in [9.17, 15) is 23.1 Å². The predicted molar refractivity (Wildman–Crippen MR) is 114 cm³/mol. The molecule has 1 amide bonds. The fourth-order valence-corrected chi connectivity index (χ4v) is 3.01. The summed E-state index contributed by atoms with van der Waals surface area (Å²) in [6.45, 7) is -0.531. The molecule has 0 aliphatic heterocycles. The first-order valence-electron chi connectivity index (χ1n) is 9.80. The summed E-state index contributed by atoms with van der Waals surface area (Å²) in [5, 5.41) is 23.8. The molecule has 1 unspecified atom stereocenters. The van der Waals surface area contributed by atoms with Crippen LogP contribution in [0, 0.1) is 0 Å². The van der Waals surface area contributed by atoms with Gasteiger partial charge in [-0.2, -0.15) is 13.2 Å². The second-order valence-electron chi connectivity index (χ2n) is 7.18. The molecular weight excluding hydrogens is 423 g/mol. The van der Waals surface area contributed by atoms with Gasteiger partial charge in [0, 0.05) is 24.0 Å². The van der Waals surface area contributed by atoms with Gasteiger partial charge in [-0.15, -0.1) is 0 Å². The van der Waals surface area contributed by atoms with E-state index < -0.39 is 30.4 Å². The van der Waals surface area contributed by atoms with Gasteiger partial charge in [-0.25, -0.2) is 4.98 Å². The number of benzene rings is 2. The number of pyridine rings is 1. The van der Waals surface area contributed by atoms with Crippen molar-refractivity contribution in [3.05, 3.63) is 89.1 Å². The maximum Gasteiger partial charge on any atom is 0.416 e. The lowest BCUT2D eigenvalue weighted by atomic mass is 10.0. The summed E-state index contributed by atoms with van der Waals surface area (Å²) in [6, 6.07) is 15.2. The summed E-state index contributed by atoms with van der Waals surface area (Å²) in [7, 11) is 0. The minimum atomic E-state index is -4.39. The molecular formula is C23H22F3N3O3. The van der Waals surface area contributed by atoms with Gasteiger partial charge in [0.05, 0.1) is 18.3 Å². The van der Waals surface area contributed by atoms with E-state index in [1.54, 1.807) is 48.7 Å². The van der Waals surface area contributed by atoms with Crippen molar-refractivity contribution in [2.24, 2.45) is 0 Å². The SMILES string of the molecule is O=C(NCC(O)CO)c1cccc(Nc2cc(Cc3cccc(C(F)(F)F)c3)ccn2)c1. The van der Waals surface area contributed by atoms with Crippen molar-refractivity contribution in [1.82, 2.24) is 10.3 Å². The third kappa shape index (κ3) is 6.53. The van der Waals surface area contributed by atoms with Crippen LogP contribution in [-0.4, -0.2) is 40.4 Å². The van der Waals surface area contributed by atoms with E-state index in [0.717, 1.165) is 17.7 Å². The molecule has 4 N–H and O–H groups in total. The molecule has 0 saturated carbocycles. The van der Waals surface area contributed by atoms with Crippen molar-refractivity contribution in [2.45, 2.75) is 18.7 Å². The van der Waals surface area contributed by atoms with Gasteiger partial charge in [0.1, 0.15) is 5.82 Å². The molecule has 0 aliphatic carbocycles. The number of aromatic nitrogens is 1. The average Bonchev–Trinajstić information content (AvgIpc) is 2.77. The zero-order valence-corrected chi connectivity index (χ0v) is 16.9. The molecule has 2 aromatic carbocycles. The summed E-state index contributed by atoms with van der Waals surface area (Å²) in [6.07, 6.45) is -3.58. The minimum absolute atomic E-state index is 0.0773. The highest BCUT2D eigenvalue weighted by molar-refractivity contribution is 5.95. The number of aliphatic hydroxyl groups is 2. The standard InChI is InChI=1S/C23H22F3N3O3/c24-23(25,26)18-5-1-3-15(10-18)9-16-7-8-27-21(11-16)29-19-6-2-4-17(12-19)22(32)28-13-20(31)14-30/h1-8,10-12,20,30-31H,9,13-14H2,(H,27,29)(H,28,32). The van der Waals surface area contributed by atoms with Gasteiger partial charge >= 0.3 is 6.18 Å². The molecule has 32 heavy (non-hydrogen) atoms. The van der Waals surface area contributed by atoms with Gasteiger partial charge in [-0.3, -0.25) is 4.79 Å². The highest BCUT2D eigenvalue weighted by Crippen LogP contribution is 2.30. The van der Waals surface area contributed by atoms with E-state index in [4.69, 9.17) is 5.11 Å². The van der Waals surface area contributed by atoms with Crippen molar-refractivity contribution in [2.75, 3.05) is 18.5 Å². The Morgan fingerprint density at radius 3 is 2.53 bits per heavy atom. The third-order valence-corrected chi connectivity index (χ3v) is 4.59. The Bertz CT molecular complexity index is 1070. The van der Waals surface area contributed by atoms with Crippen LogP contribution >= 0.6 is 0 Å². The second-order valence-corrected chi connectivity index (χ2v) is 7.18. The number of aliphatic hydroxyl groups excluding tert-OH is 2. The second kappa shape index (κ2) is 10.3. The van der Waals surface area contributed by atoms with Crippen LogP contribution in [0.15, 0.2) is 66.9 Å². The number of carbonyl (C=O) groups is 1. The number of amides is 1. The van der Waals surface area contributed by atoms with E-state index in [0.29, 0.717) is 29.1 Å². The number of hydrogen-bond donors (Lipinski definition) is 4. The molecule has 6 nitrogen and oxygen atoms in total. The molecule has 3 rings (SSSR count). The molecule has 0 spiro atoms. The van der Waals surface area contributed by atoms with Gasteiger partial charge in [-0.1, -0.05) is 24.3 Å². The molecule has 0 bridgehead atoms. The van der Waals surface area contributed by atoms with Gasteiger partial charge in [0.2, 0.25) is 0 Å². The smallest absolute Gasteiger partial charge is 0.394 e. The van der Waals surface area contributed by atoms with E-state index in [1.165, 1.54) is 6.07 Å². The van der Waals surface area contributed by atoms with Crippen molar-refractivity contribution in [3.8, 4) is 0 Å². The number of nitrogens with one attached hydrogen (secondary N) is 2. The molecule has 0 fully saturated rings. The van der Waals surface area contributed by atoms with Gasteiger partial charge in [0.25, 0.3) is 5.91 Å². The van der Waals surface area contributed by atoms with Crippen LogP contribution in [0.25, 0.3) is 0 Å². The average molecular weight is 445 g/mol. The number of rotatable bonds is 8. The van der Waals surface area contributed by atoms with Crippen molar-refractivity contribution >= 4 is 17.4 Å². The van der Waals surface area contributed by atoms with Crippen LogP contribution < -0.4 is 10.6 Å². The first kappa shape index (κ1) is 23.2. The summed E-state index contributed by atoms with van der Waals surface area (Å²) in [4.78, 5) is 16.4. The van der Waals surface area contributed by atoms with Crippen molar-refractivity contribution in [3.63, 3.8) is 0 Å². The largest absolute Gasteiger partial charge is 0.416 e. The Morgan fingerprint density at radius 1 is 1.03 bits per heavy atom. The minimum Gasteiger partial charge on any atom is -0.394 e. The van der Waals surface area contributed by atoms with Crippen LogP contribution in [0.2, 0.25) is 0 Å². The number of nitrogens with zero attached hydrogens (tertiary/aromatic N) is 1. The molecule has 1 atom stereocenters. The number of alkyl halides is 3.